The molecule has 0 saturated heterocycles. The smallest absolute Gasteiger partial charge is 0.326 e. The van der Waals surface area contributed by atoms with Gasteiger partial charge in [-0.25, -0.2) is 9.79 Å². The minimum Gasteiger partial charge on any atom is -0.480 e. The van der Waals surface area contributed by atoms with Crippen LogP contribution in [0.2, 0.25) is 10.0 Å². The molecule has 0 spiro atoms. The average molecular weight is 471 g/mol. The SMILES string of the molecule is CN1C(=O)CN=C1NCCCCCCCC[C@H](NC(=O)c1c(Cl)cccc1Cl)C(=O)O. The summed E-state index contributed by atoms with van der Waals surface area (Å²) in [5, 5.41) is 15.4. The maximum absolute atomic E-state index is 12.4. The number of hydrogen-bond donors (Lipinski definition) is 3. The van der Waals surface area contributed by atoms with Gasteiger partial charge in [0.25, 0.3) is 11.8 Å². The topological polar surface area (TPSA) is 111 Å². The van der Waals surface area contributed by atoms with Crippen molar-refractivity contribution in [2.75, 3.05) is 20.1 Å². The normalized spacial score (nSPS) is 14.4. The second-order valence-electron chi connectivity index (χ2n) is 7.39. The minimum absolute atomic E-state index is 0.00619. The van der Waals surface area contributed by atoms with Gasteiger partial charge >= 0.3 is 5.97 Å². The summed E-state index contributed by atoms with van der Waals surface area (Å²) in [5.74, 6) is -1.05. The van der Waals surface area contributed by atoms with Crippen molar-refractivity contribution in [1.29, 1.82) is 0 Å². The monoisotopic (exact) mass is 470 g/mol. The highest BCUT2D eigenvalue weighted by Gasteiger charge is 2.23. The van der Waals surface area contributed by atoms with Crippen LogP contribution in [0.3, 0.4) is 0 Å². The van der Waals surface area contributed by atoms with E-state index in [1.807, 2.05) is 0 Å². The standard InChI is InChI=1S/C21H28Cl2N4O4/c1-27-17(28)13-25-21(27)24-12-7-5-3-2-4-6-11-16(20(30)31)26-19(29)18-14(22)9-8-10-15(18)23/h8-10,16H,2-7,11-13H2,1H3,(H,24,25)(H,26,29)(H,30,31)/t16-/m0/s1. The summed E-state index contributed by atoms with van der Waals surface area (Å²) in [6.45, 7) is 0.968. The van der Waals surface area contributed by atoms with Gasteiger partial charge in [-0.3, -0.25) is 14.5 Å². The number of hydrogen-bond acceptors (Lipinski definition) is 5. The van der Waals surface area contributed by atoms with Crippen molar-refractivity contribution in [3.05, 3.63) is 33.8 Å². The summed E-state index contributed by atoms with van der Waals surface area (Å²) < 4.78 is 0. The van der Waals surface area contributed by atoms with Crippen molar-refractivity contribution in [2.24, 2.45) is 4.99 Å². The molecular weight excluding hydrogens is 443 g/mol. The fourth-order valence-corrected chi connectivity index (χ4v) is 3.80. The molecule has 1 aliphatic rings. The van der Waals surface area contributed by atoms with E-state index in [9.17, 15) is 19.5 Å². The molecule has 8 nitrogen and oxygen atoms in total. The Morgan fingerprint density at radius 2 is 1.74 bits per heavy atom. The molecule has 31 heavy (non-hydrogen) atoms. The van der Waals surface area contributed by atoms with E-state index < -0.39 is 17.9 Å². The van der Waals surface area contributed by atoms with E-state index in [1.54, 1.807) is 13.1 Å². The third kappa shape index (κ3) is 7.70. The molecular formula is C21H28Cl2N4O4. The van der Waals surface area contributed by atoms with Crippen LogP contribution in [-0.4, -0.2) is 59.9 Å². The van der Waals surface area contributed by atoms with Crippen LogP contribution < -0.4 is 10.6 Å². The number of halogens is 2. The van der Waals surface area contributed by atoms with Crippen LogP contribution in [0.1, 0.15) is 55.3 Å². The number of likely N-dealkylation sites (N-methyl/N-ethyl adjacent to an activating group) is 1. The van der Waals surface area contributed by atoms with Crippen LogP contribution in [0, 0.1) is 0 Å². The Hall–Kier alpha value is -2.32. The molecule has 0 saturated carbocycles. The van der Waals surface area contributed by atoms with Gasteiger partial charge in [0, 0.05) is 13.6 Å². The second kappa shape index (κ2) is 12.5. The van der Waals surface area contributed by atoms with E-state index in [0.717, 1.165) is 38.6 Å². The number of amides is 2. The average Bonchev–Trinajstić information content (AvgIpc) is 3.03. The van der Waals surface area contributed by atoms with E-state index in [2.05, 4.69) is 15.6 Å². The van der Waals surface area contributed by atoms with Crippen molar-refractivity contribution in [3.63, 3.8) is 0 Å². The molecule has 0 radical (unpaired) electrons. The molecule has 3 N–H and O–H groups in total. The molecule has 0 unspecified atom stereocenters. The van der Waals surface area contributed by atoms with Gasteiger partial charge in [-0.1, -0.05) is 61.4 Å². The highest BCUT2D eigenvalue weighted by Crippen LogP contribution is 2.24. The van der Waals surface area contributed by atoms with Gasteiger partial charge in [0.15, 0.2) is 0 Å². The van der Waals surface area contributed by atoms with Gasteiger partial charge in [-0.05, 0) is 25.0 Å². The number of guanidine groups is 1. The molecule has 10 heteroatoms. The quantitative estimate of drug-likeness (QED) is 0.405. The largest absolute Gasteiger partial charge is 0.480 e. The number of aliphatic carboxylic acids is 1. The van der Waals surface area contributed by atoms with Crippen molar-refractivity contribution < 1.29 is 19.5 Å². The Bertz CT molecular complexity index is 811. The summed E-state index contributed by atoms with van der Waals surface area (Å²) in [6.07, 6.45) is 5.91. The van der Waals surface area contributed by atoms with Gasteiger partial charge in [0.05, 0.1) is 15.6 Å². The first-order valence-electron chi connectivity index (χ1n) is 10.3. The summed E-state index contributed by atoms with van der Waals surface area (Å²) in [7, 11) is 1.71. The first-order valence-corrected chi connectivity index (χ1v) is 11.1. The lowest BCUT2D eigenvalue weighted by atomic mass is 10.0. The van der Waals surface area contributed by atoms with Crippen molar-refractivity contribution in [3.8, 4) is 0 Å². The van der Waals surface area contributed by atoms with Gasteiger partial charge in [-0.15, -0.1) is 0 Å². The number of unbranched alkanes of at least 4 members (excludes halogenated alkanes) is 5. The van der Waals surface area contributed by atoms with Crippen LogP contribution in [0.4, 0.5) is 0 Å². The Kier molecular flexibility index (Phi) is 10.1. The molecule has 0 fully saturated rings. The molecule has 0 aliphatic carbocycles. The number of nitrogens with zero attached hydrogens (tertiary/aromatic N) is 2. The van der Waals surface area contributed by atoms with Crippen LogP contribution in [-0.2, 0) is 9.59 Å². The lowest BCUT2D eigenvalue weighted by molar-refractivity contribution is -0.139. The maximum Gasteiger partial charge on any atom is 0.326 e. The molecule has 1 aromatic carbocycles. The highest BCUT2D eigenvalue weighted by molar-refractivity contribution is 6.39. The van der Waals surface area contributed by atoms with Gasteiger partial charge in [0.2, 0.25) is 5.96 Å². The zero-order valence-corrected chi connectivity index (χ0v) is 19.0. The van der Waals surface area contributed by atoms with E-state index >= 15 is 0 Å². The number of aliphatic imine (C=N–C) groups is 1. The Morgan fingerprint density at radius 1 is 1.13 bits per heavy atom. The zero-order chi connectivity index (χ0) is 22.8. The van der Waals surface area contributed by atoms with Crippen LogP contribution in [0.5, 0.6) is 0 Å². The maximum atomic E-state index is 12.4. The number of carbonyl (C=O) groups excluding carboxylic acids is 2. The summed E-state index contributed by atoms with van der Waals surface area (Å²) >= 11 is 12.0. The molecule has 2 rings (SSSR count). The molecule has 0 aromatic heterocycles. The third-order valence-electron chi connectivity index (χ3n) is 5.05. The Balaban J connectivity index is 1.61. The molecule has 1 heterocycles. The number of benzene rings is 1. The first kappa shape index (κ1) is 24.9. The summed E-state index contributed by atoms with van der Waals surface area (Å²) in [6, 6.07) is 3.70. The number of nitrogens with one attached hydrogen (secondary N) is 2. The lowest BCUT2D eigenvalue weighted by Gasteiger charge is -2.15. The van der Waals surface area contributed by atoms with E-state index in [1.165, 1.54) is 17.0 Å². The predicted molar refractivity (Wildman–Crippen MR) is 121 cm³/mol. The van der Waals surface area contributed by atoms with Crippen LogP contribution >= 0.6 is 23.2 Å². The Morgan fingerprint density at radius 3 is 2.32 bits per heavy atom. The van der Waals surface area contributed by atoms with Crippen molar-refractivity contribution >= 4 is 46.9 Å². The number of carboxylic acids is 1. The molecule has 1 aliphatic heterocycles. The summed E-state index contributed by atoms with van der Waals surface area (Å²) in [5.41, 5.74) is 0.0878. The zero-order valence-electron chi connectivity index (χ0n) is 17.5. The molecule has 1 aromatic rings. The molecule has 170 valence electrons. The number of rotatable bonds is 12. The summed E-state index contributed by atoms with van der Waals surface area (Å²) in [4.78, 5) is 40.9. The van der Waals surface area contributed by atoms with Gasteiger partial charge < -0.3 is 15.7 Å². The van der Waals surface area contributed by atoms with Gasteiger partial charge in [-0.2, -0.15) is 0 Å². The molecule has 1 atom stereocenters. The van der Waals surface area contributed by atoms with E-state index in [0.29, 0.717) is 18.8 Å². The van der Waals surface area contributed by atoms with E-state index in [-0.39, 0.29) is 28.1 Å². The predicted octanol–water partition coefficient (Wildman–Crippen LogP) is 3.32. The third-order valence-corrected chi connectivity index (χ3v) is 5.68. The minimum atomic E-state index is -1.08. The second-order valence-corrected chi connectivity index (χ2v) is 8.20. The molecule has 2 amide bonds. The molecule has 0 bridgehead atoms. The van der Waals surface area contributed by atoms with Crippen molar-refractivity contribution in [2.45, 2.75) is 51.0 Å². The fraction of sp³-hybridized carbons (Fsp3) is 0.524. The van der Waals surface area contributed by atoms with Gasteiger partial charge in [0.1, 0.15) is 12.6 Å². The Labute approximate surface area is 192 Å². The first-order chi connectivity index (χ1) is 14.8. The van der Waals surface area contributed by atoms with Crippen LogP contribution in [0.15, 0.2) is 23.2 Å². The number of carbonyl (C=O) groups is 3. The lowest BCUT2D eigenvalue weighted by Crippen LogP contribution is -2.41. The number of carboxylic acid groups (broad SMARTS) is 1. The van der Waals surface area contributed by atoms with E-state index in [4.69, 9.17) is 23.2 Å². The highest BCUT2D eigenvalue weighted by atomic mass is 35.5. The fourth-order valence-electron chi connectivity index (χ4n) is 3.23. The van der Waals surface area contributed by atoms with Crippen LogP contribution in [0.25, 0.3) is 0 Å². The van der Waals surface area contributed by atoms with Crippen molar-refractivity contribution in [1.82, 2.24) is 15.5 Å².